The van der Waals surface area contributed by atoms with Crippen molar-refractivity contribution in [3.63, 3.8) is 0 Å². The molecular weight excluding hydrogens is 304 g/mol. The Hall–Kier alpha value is -0.780. The molecular formula is C11H16BrClN4. The lowest BCUT2D eigenvalue weighted by molar-refractivity contribution is 0.663. The predicted octanol–water partition coefficient (Wildman–Crippen LogP) is 2.99. The predicted molar refractivity (Wildman–Crippen MR) is 77.2 cm³/mol. The van der Waals surface area contributed by atoms with Gasteiger partial charge in [0.25, 0.3) is 0 Å². The van der Waals surface area contributed by atoms with E-state index < -0.39 is 0 Å². The van der Waals surface area contributed by atoms with Gasteiger partial charge in [0, 0.05) is 16.7 Å². The third-order valence-electron chi connectivity index (χ3n) is 1.93. The van der Waals surface area contributed by atoms with Crippen LogP contribution in [-0.2, 0) is 0 Å². The minimum Gasteiger partial charge on any atom is -0.325 e. The monoisotopic (exact) mass is 318 g/mol. The molecule has 0 unspecified atom stereocenters. The molecule has 0 heterocycles. The van der Waals surface area contributed by atoms with E-state index in [0.29, 0.717) is 23.4 Å². The zero-order chi connectivity index (χ0) is 12.8. The van der Waals surface area contributed by atoms with Crippen LogP contribution in [0, 0.1) is 5.92 Å². The van der Waals surface area contributed by atoms with Gasteiger partial charge in [-0.05, 0) is 40.0 Å². The quantitative estimate of drug-likeness (QED) is 0.347. The van der Waals surface area contributed by atoms with Gasteiger partial charge in [-0.3, -0.25) is 10.4 Å². The molecule has 17 heavy (non-hydrogen) atoms. The molecule has 0 atom stereocenters. The first kappa shape index (κ1) is 14.3. The summed E-state index contributed by atoms with van der Waals surface area (Å²) in [4.78, 5) is 4.31. The number of halogens is 2. The average Bonchev–Trinajstić information content (AvgIpc) is 2.28. The second kappa shape index (κ2) is 6.83. The highest BCUT2D eigenvalue weighted by Crippen LogP contribution is 2.25. The van der Waals surface area contributed by atoms with Crippen molar-refractivity contribution in [1.29, 1.82) is 0 Å². The van der Waals surface area contributed by atoms with Crippen LogP contribution in [0.5, 0.6) is 0 Å². The Morgan fingerprint density at radius 3 is 2.76 bits per heavy atom. The molecule has 1 aromatic rings. The van der Waals surface area contributed by atoms with Crippen LogP contribution in [0.25, 0.3) is 0 Å². The number of nitrogens with one attached hydrogen (secondary N) is 2. The molecule has 0 amide bonds. The number of hydrogen-bond acceptors (Lipinski definition) is 2. The number of benzene rings is 1. The third kappa shape index (κ3) is 4.93. The van der Waals surface area contributed by atoms with Gasteiger partial charge in [0.15, 0.2) is 0 Å². The third-order valence-corrected chi connectivity index (χ3v) is 3.15. The van der Waals surface area contributed by atoms with Crippen molar-refractivity contribution in [2.75, 3.05) is 11.9 Å². The van der Waals surface area contributed by atoms with E-state index >= 15 is 0 Å². The Balaban J connectivity index is 2.73. The summed E-state index contributed by atoms with van der Waals surface area (Å²) >= 11 is 9.27. The van der Waals surface area contributed by atoms with Crippen LogP contribution in [0.2, 0.25) is 5.02 Å². The van der Waals surface area contributed by atoms with E-state index in [1.807, 2.05) is 12.1 Å². The number of hydrogen-bond donors (Lipinski definition) is 3. The maximum absolute atomic E-state index is 5.91. The Labute approximate surface area is 115 Å². The highest BCUT2D eigenvalue weighted by atomic mass is 79.9. The molecule has 0 bridgehead atoms. The van der Waals surface area contributed by atoms with E-state index in [-0.39, 0.29) is 0 Å². The van der Waals surface area contributed by atoms with Crippen LogP contribution in [-0.4, -0.2) is 12.5 Å². The zero-order valence-corrected chi connectivity index (χ0v) is 12.1. The fourth-order valence-corrected chi connectivity index (χ4v) is 1.60. The Morgan fingerprint density at radius 1 is 1.53 bits per heavy atom. The molecule has 1 rings (SSSR count). The first-order chi connectivity index (χ1) is 8.02. The normalized spacial score (nSPS) is 11.8. The van der Waals surface area contributed by atoms with Crippen LogP contribution in [0.15, 0.2) is 27.7 Å². The zero-order valence-electron chi connectivity index (χ0n) is 9.80. The molecule has 4 nitrogen and oxygen atoms in total. The topological polar surface area (TPSA) is 62.4 Å². The minimum atomic E-state index is 0.483. The fraction of sp³-hybridized carbons (Fsp3) is 0.364. The summed E-state index contributed by atoms with van der Waals surface area (Å²) < 4.78 is 0.824. The summed E-state index contributed by atoms with van der Waals surface area (Å²) in [6, 6.07) is 5.52. The summed E-state index contributed by atoms with van der Waals surface area (Å²) in [7, 11) is 0. The highest BCUT2D eigenvalue weighted by Gasteiger charge is 2.02. The van der Waals surface area contributed by atoms with Gasteiger partial charge in [-0.1, -0.05) is 25.4 Å². The minimum absolute atomic E-state index is 0.483. The highest BCUT2D eigenvalue weighted by molar-refractivity contribution is 9.10. The van der Waals surface area contributed by atoms with E-state index in [4.69, 9.17) is 17.4 Å². The van der Waals surface area contributed by atoms with Gasteiger partial charge in [-0.15, -0.1) is 0 Å². The second-order valence-corrected chi connectivity index (χ2v) is 5.24. The molecule has 4 N–H and O–H groups in total. The van der Waals surface area contributed by atoms with Gasteiger partial charge in [0.05, 0.1) is 5.02 Å². The van der Waals surface area contributed by atoms with Crippen LogP contribution in [0.1, 0.15) is 13.8 Å². The SMILES string of the molecule is CC(C)CN=C(NN)Nc1ccc(Cl)c(Br)c1. The molecule has 6 heteroatoms. The van der Waals surface area contributed by atoms with Crippen molar-refractivity contribution in [3.8, 4) is 0 Å². The van der Waals surface area contributed by atoms with Crippen LogP contribution >= 0.6 is 27.5 Å². The number of nitrogens with zero attached hydrogens (tertiary/aromatic N) is 1. The van der Waals surface area contributed by atoms with Crippen molar-refractivity contribution < 1.29 is 0 Å². The van der Waals surface area contributed by atoms with Crippen molar-refractivity contribution in [3.05, 3.63) is 27.7 Å². The number of aliphatic imine (C=N–C) groups is 1. The first-order valence-electron chi connectivity index (χ1n) is 5.26. The van der Waals surface area contributed by atoms with Gasteiger partial charge >= 0.3 is 0 Å². The number of rotatable bonds is 3. The maximum Gasteiger partial charge on any atom is 0.210 e. The van der Waals surface area contributed by atoms with E-state index in [9.17, 15) is 0 Å². The summed E-state index contributed by atoms with van der Waals surface area (Å²) in [5.41, 5.74) is 3.39. The maximum atomic E-state index is 5.91. The Kier molecular flexibility index (Phi) is 5.74. The number of hydrazine groups is 1. The van der Waals surface area contributed by atoms with Gasteiger partial charge in [0.1, 0.15) is 0 Å². The van der Waals surface area contributed by atoms with Gasteiger partial charge < -0.3 is 5.32 Å². The molecule has 0 aromatic heterocycles. The van der Waals surface area contributed by atoms with E-state index in [1.54, 1.807) is 6.07 Å². The van der Waals surface area contributed by atoms with Crippen molar-refractivity contribution >= 4 is 39.2 Å². The van der Waals surface area contributed by atoms with E-state index in [0.717, 1.165) is 10.2 Å². The van der Waals surface area contributed by atoms with Crippen molar-refractivity contribution in [2.45, 2.75) is 13.8 Å². The summed E-state index contributed by atoms with van der Waals surface area (Å²) in [5.74, 6) is 6.41. The Bertz CT molecular complexity index is 406. The van der Waals surface area contributed by atoms with Crippen LogP contribution in [0.3, 0.4) is 0 Å². The summed E-state index contributed by atoms with van der Waals surface area (Å²) in [5, 5.41) is 3.74. The molecule has 1 aromatic carbocycles. The van der Waals surface area contributed by atoms with Crippen LogP contribution < -0.4 is 16.6 Å². The molecule has 0 radical (unpaired) electrons. The smallest absolute Gasteiger partial charge is 0.210 e. The first-order valence-corrected chi connectivity index (χ1v) is 6.43. The molecule has 94 valence electrons. The standard InChI is InChI=1S/C11H16BrClN4/c1-7(2)6-15-11(17-14)16-8-3-4-10(13)9(12)5-8/h3-5,7H,6,14H2,1-2H3,(H2,15,16,17). The molecule has 0 saturated carbocycles. The molecule has 0 aliphatic heterocycles. The Morgan fingerprint density at radius 2 is 2.24 bits per heavy atom. The lowest BCUT2D eigenvalue weighted by atomic mass is 10.2. The van der Waals surface area contributed by atoms with E-state index in [2.05, 4.69) is 45.5 Å². The van der Waals surface area contributed by atoms with Gasteiger partial charge in [-0.25, -0.2) is 5.84 Å². The van der Waals surface area contributed by atoms with Gasteiger partial charge in [-0.2, -0.15) is 0 Å². The number of guanidine groups is 1. The molecule has 0 aliphatic rings. The fourth-order valence-electron chi connectivity index (χ4n) is 1.11. The van der Waals surface area contributed by atoms with Crippen molar-refractivity contribution in [2.24, 2.45) is 16.8 Å². The molecule has 0 aliphatic carbocycles. The molecule has 0 fully saturated rings. The van der Waals surface area contributed by atoms with Crippen LogP contribution in [0.4, 0.5) is 5.69 Å². The largest absolute Gasteiger partial charge is 0.325 e. The van der Waals surface area contributed by atoms with E-state index in [1.165, 1.54) is 0 Å². The number of nitrogens with two attached hydrogens (primary N) is 1. The lowest BCUT2D eigenvalue weighted by Crippen LogP contribution is -2.36. The summed E-state index contributed by atoms with van der Waals surface area (Å²) in [6.45, 7) is 4.90. The average molecular weight is 320 g/mol. The second-order valence-electron chi connectivity index (χ2n) is 3.98. The van der Waals surface area contributed by atoms with Gasteiger partial charge in [0.2, 0.25) is 5.96 Å². The van der Waals surface area contributed by atoms with Crippen molar-refractivity contribution in [1.82, 2.24) is 5.43 Å². The molecule has 0 saturated heterocycles. The lowest BCUT2D eigenvalue weighted by Gasteiger charge is -2.10. The number of anilines is 1. The molecule has 0 spiro atoms. The summed E-state index contributed by atoms with van der Waals surface area (Å²) in [6.07, 6.45) is 0.